The standard InChI is InChI=1S/C45H57FN6O8S2/c1-26(2)38-23-47-42(61-38)34-21-37(33-16-17-36(59-4)27(3)40(33)48-34)60-31-20-35-41(54)49-45(44(56)50-62(57,58)32-14-15-32)22-29(45)12-9-7-5-6-8-11-28(43(55)52(35)25-31)19-39(53)51-18-10-13-30(46)24-51/h9,12,16-17,21,23,26,28-32,35H,5-8,10-11,13-15,18-20,22,24-25H2,1-4H3,(H,49,54)(H,50,56)/b12-9-/t28-,29+,30?,31-,35+,45+/m1/s1. The first-order valence-electron chi connectivity index (χ1n) is 22.1. The summed E-state index contributed by atoms with van der Waals surface area (Å²) in [5, 5.41) is 3.70. The smallest absolute Gasteiger partial charge is 0.259 e. The van der Waals surface area contributed by atoms with E-state index in [4.69, 9.17) is 14.5 Å². The largest absolute Gasteiger partial charge is 0.496 e. The summed E-state index contributed by atoms with van der Waals surface area (Å²) in [4.78, 5) is 71.0. The second-order valence-corrected chi connectivity index (χ2v) is 21.0. The Balaban J connectivity index is 1.14. The van der Waals surface area contributed by atoms with Crippen LogP contribution in [-0.4, -0.2) is 108 Å². The number of sulfonamides is 1. The lowest BCUT2D eigenvalue weighted by atomic mass is 9.94. The van der Waals surface area contributed by atoms with Gasteiger partial charge in [0.2, 0.25) is 27.7 Å². The summed E-state index contributed by atoms with van der Waals surface area (Å²) < 4.78 is 55.2. The first kappa shape index (κ1) is 44.0. The Morgan fingerprint density at radius 2 is 1.89 bits per heavy atom. The van der Waals surface area contributed by atoms with Gasteiger partial charge in [-0.1, -0.05) is 38.8 Å². The third-order valence-corrected chi connectivity index (χ3v) is 16.2. The molecule has 4 fully saturated rings. The number of thiazole rings is 1. The van der Waals surface area contributed by atoms with E-state index in [1.807, 2.05) is 43.5 Å². The molecule has 2 saturated heterocycles. The number of fused-ring (bicyclic) bond motifs is 3. The summed E-state index contributed by atoms with van der Waals surface area (Å²) in [6, 6.07) is 4.42. The molecule has 0 radical (unpaired) electrons. The normalized spacial score (nSPS) is 27.7. The van der Waals surface area contributed by atoms with Crippen molar-refractivity contribution in [3.8, 4) is 22.2 Å². The average Bonchev–Trinajstić information content (AvgIpc) is 4.12. The molecule has 0 spiro atoms. The molecule has 2 N–H and O–H groups in total. The van der Waals surface area contributed by atoms with Gasteiger partial charge in [-0.25, -0.2) is 22.8 Å². The van der Waals surface area contributed by atoms with Gasteiger partial charge < -0.3 is 24.6 Å². The molecule has 2 aromatic heterocycles. The minimum Gasteiger partial charge on any atom is -0.496 e. The molecule has 3 aliphatic heterocycles. The summed E-state index contributed by atoms with van der Waals surface area (Å²) in [5.41, 5.74) is 0.516. The Bertz CT molecular complexity index is 2370. The third-order valence-electron chi connectivity index (χ3n) is 13.1. The van der Waals surface area contributed by atoms with E-state index in [-0.39, 0.29) is 44.2 Å². The van der Waals surface area contributed by atoms with Crippen molar-refractivity contribution >= 4 is 55.9 Å². The number of hydrogen-bond acceptors (Lipinski definition) is 11. The maximum Gasteiger partial charge on any atom is 0.259 e. The van der Waals surface area contributed by atoms with Crippen molar-refractivity contribution in [2.75, 3.05) is 26.7 Å². The van der Waals surface area contributed by atoms with Crippen LogP contribution in [0.25, 0.3) is 21.6 Å². The van der Waals surface area contributed by atoms with E-state index in [0.717, 1.165) is 23.3 Å². The number of piperidine rings is 1. The Hall–Kier alpha value is -4.64. The van der Waals surface area contributed by atoms with E-state index in [1.165, 1.54) is 21.1 Å². The van der Waals surface area contributed by atoms with Crippen LogP contribution in [0.1, 0.15) is 107 Å². The van der Waals surface area contributed by atoms with Crippen molar-refractivity contribution < 1.29 is 41.5 Å². The van der Waals surface area contributed by atoms with Crippen LogP contribution >= 0.6 is 11.3 Å². The minimum atomic E-state index is -3.92. The Labute approximate surface area is 366 Å². The summed E-state index contributed by atoms with van der Waals surface area (Å²) in [5.74, 6) is -1.92. The first-order valence-corrected chi connectivity index (χ1v) is 24.4. The fraction of sp³-hybridized carbons (Fsp3) is 0.600. The molecule has 62 heavy (non-hydrogen) atoms. The van der Waals surface area contributed by atoms with Crippen LogP contribution in [0.15, 0.2) is 36.5 Å². The Morgan fingerprint density at radius 1 is 1.08 bits per heavy atom. The predicted octanol–water partition coefficient (Wildman–Crippen LogP) is 6.12. The summed E-state index contributed by atoms with van der Waals surface area (Å²) in [6.45, 7) is 6.53. The highest BCUT2D eigenvalue weighted by molar-refractivity contribution is 7.91. The van der Waals surface area contributed by atoms with Crippen molar-refractivity contribution in [2.45, 2.75) is 133 Å². The number of alkyl halides is 1. The van der Waals surface area contributed by atoms with Gasteiger partial charge >= 0.3 is 0 Å². The van der Waals surface area contributed by atoms with Crippen LogP contribution in [0.5, 0.6) is 11.5 Å². The molecule has 14 nitrogen and oxygen atoms in total. The van der Waals surface area contributed by atoms with Crippen LogP contribution in [0.2, 0.25) is 0 Å². The van der Waals surface area contributed by atoms with Crippen LogP contribution in [0, 0.1) is 18.8 Å². The highest BCUT2D eigenvalue weighted by Crippen LogP contribution is 2.46. The van der Waals surface area contributed by atoms with Gasteiger partial charge in [0, 0.05) is 59.3 Å². The van der Waals surface area contributed by atoms with Crippen LogP contribution in [0.4, 0.5) is 4.39 Å². The number of nitrogens with zero attached hydrogens (tertiary/aromatic N) is 4. The number of allylic oxidation sites excluding steroid dienone is 1. The van der Waals surface area contributed by atoms with E-state index in [2.05, 4.69) is 28.9 Å². The van der Waals surface area contributed by atoms with Gasteiger partial charge in [-0.05, 0) is 76.3 Å². The Kier molecular flexibility index (Phi) is 12.7. The lowest BCUT2D eigenvalue weighted by molar-refractivity contribution is -0.146. The fourth-order valence-electron chi connectivity index (χ4n) is 9.13. The van der Waals surface area contributed by atoms with E-state index >= 15 is 0 Å². The lowest BCUT2D eigenvalue weighted by Crippen LogP contribution is -2.57. The SMILES string of the molecule is COc1ccc2c(O[C@@H]3C[C@H]4C(=O)N[C@@]5(C(=O)NS(=O)(=O)C6CC6)C[C@@H]5/C=C\CCCCC[C@H](CC(=O)N5CCCC(F)C5)C(=O)N4C3)cc(-c3ncc(C(C)C)s3)nc2c1C. The number of carbonyl (C=O) groups excluding carboxylic acids is 4. The van der Waals surface area contributed by atoms with Crippen molar-refractivity contribution in [3.05, 3.63) is 47.0 Å². The maximum atomic E-state index is 14.9. The molecule has 8 rings (SSSR count). The van der Waals surface area contributed by atoms with Gasteiger partial charge in [-0.2, -0.15) is 0 Å². The number of nitrogens with one attached hydrogen (secondary N) is 2. The zero-order chi connectivity index (χ0) is 43.9. The molecule has 1 aromatic carbocycles. The first-order chi connectivity index (χ1) is 29.7. The van der Waals surface area contributed by atoms with E-state index in [9.17, 15) is 32.0 Å². The molecule has 6 atom stereocenters. The lowest BCUT2D eigenvalue weighted by Gasteiger charge is -2.32. The minimum absolute atomic E-state index is 0.000494. The second kappa shape index (κ2) is 17.9. The molecular formula is C45H57FN6O8S2. The van der Waals surface area contributed by atoms with E-state index in [0.29, 0.717) is 84.6 Å². The number of pyridine rings is 1. The van der Waals surface area contributed by atoms with Gasteiger partial charge in [0.15, 0.2) is 0 Å². The molecule has 4 amide bonds. The maximum absolute atomic E-state index is 14.9. The number of hydrogen-bond donors (Lipinski definition) is 2. The van der Waals surface area contributed by atoms with Gasteiger partial charge in [0.05, 0.1) is 31.0 Å². The summed E-state index contributed by atoms with van der Waals surface area (Å²) in [7, 11) is -2.32. The average molecular weight is 893 g/mol. The molecule has 2 saturated carbocycles. The molecule has 17 heteroatoms. The number of aryl methyl sites for hydroxylation is 1. The zero-order valence-electron chi connectivity index (χ0n) is 35.9. The summed E-state index contributed by atoms with van der Waals surface area (Å²) in [6.07, 6.45) is 9.18. The number of halogens is 1. The molecule has 334 valence electrons. The molecule has 5 aliphatic rings. The number of likely N-dealkylation sites (tertiary alicyclic amines) is 1. The van der Waals surface area contributed by atoms with Crippen molar-refractivity contribution in [1.82, 2.24) is 29.8 Å². The highest BCUT2D eigenvalue weighted by Gasteiger charge is 2.62. The van der Waals surface area contributed by atoms with Crippen LogP contribution < -0.4 is 19.5 Å². The number of rotatable bonds is 10. The van der Waals surface area contributed by atoms with E-state index in [1.54, 1.807) is 7.11 Å². The van der Waals surface area contributed by atoms with Gasteiger partial charge in [-0.15, -0.1) is 11.3 Å². The van der Waals surface area contributed by atoms with Crippen molar-refractivity contribution in [1.29, 1.82) is 0 Å². The number of carbonyl (C=O) groups is 4. The van der Waals surface area contributed by atoms with Crippen LogP contribution in [-0.2, 0) is 29.2 Å². The molecular weight excluding hydrogens is 836 g/mol. The quantitative estimate of drug-likeness (QED) is 0.226. The molecule has 5 heterocycles. The molecule has 1 unspecified atom stereocenters. The van der Waals surface area contributed by atoms with Crippen molar-refractivity contribution in [2.24, 2.45) is 11.8 Å². The van der Waals surface area contributed by atoms with Gasteiger partial charge in [0.1, 0.15) is 46.1 Å². The van der Waals surface area contributed by atoms with Crippen molar-refractivity contribution in [3.63, 3.8) is 0 Å². The number of amides is 4. The molecule has 3 aromatic rings. The zero-order valence-corrected chi connectivity index (χ0v) is 37.5. The molecule has 0 bridgehead atoms. The number of aromatic nitrogens is 2. The van der Waals surface area contributed by atoms with Gasteiger partial charge in [-0.3, -0.25) is 23.9 Å². The fourth-order valence-corrected chi connectivity index (χ4v) is 11.4. The predicted molar refractivity (Wildman–Crippen MR) is 233 cm³/mol. The van der Waals surface area contributed by atoms with E-state index < -0.39 is 68.7 Å². The second-order valence-electron chi connectivity index (χ2n) is 18.0. The number of ether oxygens (including phenoxy) is 2. The third kappa shape index (κ3) is 9.20. The summed E-state index contributed by atoms with van der Waals surface area (Å²) >= 11 is 1.54. The molecule has 2 aliphatic carbocycles. The topological polar surface area (TPSA) is 177 Å². The monoisotopic (exact) mass is 892 g/mol. The highest BCUT2D eigenvalue weighted by atomic mass is 32.2. The number of benzene rings is 1. The van der Waals surface area contributed by atoms with Crippen LogP contribution in [0.3, 0.4) is 0 Å². The Morgan fingerprint density at radius 3 is 2.61 bits per heavy atom. The number of methoxy groups -OCH3 is 1. The van der Waals surface area contributed by atoms with Gasteiger partial charge in [0.25, 0.3) is 5.91 Å².